The van der Waals surface area contributed by atoms with Crippen LogP contribution in [0.4, 0.5) is 16.2 Å². The molecule has 0 fully saturated rings. The molecule has 8 heteroatoms. The quantitative estimate of drug-likeness (QED) is 0.647. The molecule has 3 N–H and O–H groups in total. The molecule has 0 radical (unpaired) electrons. The molecule has 0 atom stereocenters. The Kier molecular flexibility index (Phi) is 7.50. The zero-order valence-corrected chi connectivity index (χ0v) is 16.4. The summed E-state index contributed by atoms with van der Waals surface area (Å²) in [6, 6.07) is 10.1. The van der Waals surface area contributed by atoms with E-state index >= 15 is 0 Å². The lowest BCUT2D eigenvalue weighted by molar-refractivity contribution is -0.114. The van der Waals surface area contributed by atoms with Crippen LogP contribution >= 0.6 is 0 Å². The molecule has 0 unspecified atom stereocenters. The normalized spacial score (nSPS) is 10.0. The standard InChI is InChI=1S/C20H25N3O5/c1-13(24)22-15-5-7-16(8-6-15)23-20(25)21-10-9-14-11-18(27-3)19(28-4)12-17(14)26-2/h5-8,11-12H,9-10H2,1-4H3,(H,22,24)(H2,21,23,25). The van der Waals surface area contributed by atoms with E-state index in [9.17, 15) is 9.59 Å². The fourth-order valence-corrected chi connectivity index (χ4v) is 2.61. The van der Waals surface area contributed by atoms with Crippen LogP contribution in [0.15, 0.2) is 36.4 Å². The van der Waals surface area contributed by atoms with Crippen molar-refractivity contribution in [1.82, 2.24) is 5.32 Å². The first-order chi connectivity index (χ1) is 13.5. The van der Waals surface area contributed by atoms with Gasteiger partial charge in [0.05, 0.1) is 21.3 Å². The van der Waals surface area contributed by atoms with Gasteiger partial charge in [0.15, 0.2) is 11.5 Å². The lowest BCUT2D eigenvalue weighted by Gasteiger charge is -2.14. The maximum atomic E-state index is 12.1. The van der Waals surface area contributed by atoms with E-state index in [0.717, 1.165) is 5.56 Å². The first-order valence-electron chi connectivity index (χ1n) is 8.68. The van der Waals surface area contributed by atoms with Crippen molar-refractivity contribution in [2.24, 2.45) is 0 Å². The van der Waals surface area contributed by atoms with E-state index in [1.165, 1.54) is 6.92 Å². The average molecular weight is 387 g/mol. The maximum Gasteiger partial charge on any atom is 0.319 e. The number of urea groups is 1. The summed E-state index contributed by atoms with van der Waals surface area (Å²) < 4.78 is 16.0. The van der Waals surface area contributed by atoms with E-state index in [2.05, 4.69) is 16.0 Å². The van der Waals surface area contributed by atoms with Gasteiger partial charge in [0, 0.05) is 30.9 Å². The molecule has 2 aromatic carbocycles. The van der Waals surface area contributed by atoms with Crippen LogP contribution < -0.4 is 30.2 Å². The molecule has 28 heavy (non-hydrogen) atoms. The lowest BCUT2D eigenvalue weighted by Crippen LogP contribution is -2.30. The number of hydrogen-bond donors (Lipinski definition) is 3. The van der Waals surface area contributed by atoms with Gasteiger partial charge in [0.25, 0.3) is 0 Å². The number of nitrogens with one attached hydrogen (secondary N) is 3. The minimum atomic E-state index is -0.327. The summed E-state index contributed by atoms with van der Waals surface area (Å²) in [7, 11) is 4.71. The molecule has 0 heterocycles. The smallest absolute Gasteiger partial charge is 0.319 e. The van der Waals surface area contributed by atoms with Crippen LogP contribution in [0.3, 0.4) is 0 Å². The summed E-state index contributed by atoms with van der Waals surface area (Å²) in [6.07, 6.45) is 0.554. The van der Waals surface area contributed by atoms with Gasteiger partial charge in [-0.05, 0) is 42.3 Å². The largest absolute Gasteiger partial charge is 0.496 e. The second-order valence-electron chi connectivity index (χ2n) is 5.91. The van der Waals surface area contributed by atoms with Crippen LogP contribution in [0.5, 0.6) is 17.2 Å². The molecule has 150 valence electrons. The van der Waals surface area contributed by atoms with Crippen molar-refractivity contribution in [3.8, 4) is 17.2 Å². The summed E-state index contributed by atoms with van der Waals surface area (Å²) in [5, 5.41) is 8.20. The second kappa shape index (κ2) is 10.1. The predicted octanol–water partition coefficient (Wildman–Crippen LogP) is 3.04. The van der Waals surface area contributed by atoms with E-state index < -0.39 is 0 Å². The van der Waals surface area contributed by atoms with Crippen LogP contribution in [0, 0.1) is 0 Å². The van der Waals surface area contributed by atoms with E-state index in [1.54, 1.807) is 51.7 Å². The molecule has 2 aromatic rings. The first-order valence-corrected chi connectivity index (χ1v) is 8.68. The van der Waals surface area contributed by atoms with Crippen LogP contribution in [0.2, 0.25) is 0 Å². The van der Waals surface area contributed by atoms with Gasteiger partial charge < -0.3 is 30.2 Å². The maximum absolute atomic E-state index is 12.1. The molecule has 0 aliphatic rings. The topological polar surface area (TPSA) is 97.9 Å². The second-order valence-corrected chi connectivity index (χ2v) is 5.91. The van der Waals surface area contributed by atoms with Crippen molar-refractivity contribution in [3.63, 3.8) is 0 Å². The van der Waals surface area contributed by atoms with E-state index in [0.29, 0.717) is 41.6 Å². The van der Waals surface area contributed by atoms with Gasteiger partial charge in [-0.1, -0.05) is 0 Å². The first kappa shape index (κ1) is 20.9. The van der Waals surface area contributed by atoms with Crippen molar-refractivity contribution in [2.45, 2.75) is 13.3 Å². The number of carbonyl (C=O) groups excluding carboxylic acids is 2. The fraction of sp³-hybridized carbons (Fsp3) is 0.300. The number of benzene rings is 2. The lowest BCUT2D eigenvalue weighted by atomic mass is 10.1. The van der Waals surface area contributed by atoms with Gasteiger partial charge in [0.1, 0.15) is 5.75 Å². The number of rotatable bonds is 8. The van der Waals surface area contributed by atoms with Gasteiger partial charge in [-0.25, -0.2) is 4.79 Å². The average Bonchev–Trinajstić information content (AvgIpc) is 2.68. The monoisotopic (exact) mass is 387 g/mol. The zero-order chi connectivity index (χ0) is 20.5. The molecule has 0 aliphatic carbocycles. The van der Waals surface area contributed by atoms with Gasteiger partial charge in [-0.2, -0.15) is 0 Å². The number of anilines is 2. The third-order valence-electron chi connectivity index (χ3n) is 3.93. The van der Waals surface area contributed by atoms with Crippen LogP contribution in [0.1, 0.15) is 12.5 Å². The summed E-state index contributed by atoms with van der Waals surface area (Å²) >= 11 is 0. The number of amides is 3. The highest BCUT2D eigenvalue weighted by atomic mass is 16.5. The highest BCUT2D eigenvalue weighted by Gasteiger charge is 2.12. The Morgan fingerprint density at radius 3 is 1.89 bits per heavy atom. The third kappa shape index (κ3) is 5.80. The Balaban J connectivity index is 1.90. The number of carbonyl (C=O) groups is 2. The number of ether oxygens (including phenoxy) is 3. The summed E-state index contributed by atoms with van der Waals surface area (Å²) in [6.45, 7) is 1.84. The molecule has 2 rings (SSSR count). The molecule has 0 bridgehead atoms. The van der Waals surface area contributed by atoms with E-state index in [4.69, 9.17) is 14.2 Å². The van der Waals surface area contributed by atoms with Gasteiger partial charge >= 0.3 is 6.03 Å². The Hall–Kier alpha value is -3.42. The fourth-order valence-electron chi connectivity index (χ4n) is 2.61. The van der Waals surface area contributed by atoms with Crippen molar-refractivity contribution < 1.29 is 23.8 Å². The summed E-state index contributed by atoms with van der Waals surface area (Å²) in [5.41, 5.74) is 2.18. The highest BCUT2D eigenvalue weighted by molar-refractivity contribution is 5.91. The Labute approximate surface area is 164 Å². The summed E-state index contributed by atoms with van der Waals surface area (Å²) in [4.78, 5) is 23.1. The van der Waals surface area contributed by atoms with E-state index in [-0.39, 0.29) is 11.9 Å². The molecule has 0 saturated heterocycles. The van der Waals surface area contributed by atoms with Crippen molar-refractivity contribution >= 4 is 23.3 Å². The molecule has 0 aromatic heterocycles. The molecule has 3 amide bonds. The van der Waals surface area contributed by atoms with Gasteiger partial charge in [0.2, 0.25) is 5.91 Å². The van der Waals surface area contributed by atoms with Crippen LogP contribution in [0.25, 0.3) is 0 Å². The summed E-state index contributed by atoms with van der Waals surface area (Å²) in [5.74, 6) is 1.69. The molecule has 0 aliphatic heterocycles. The highest BCUT2D eigenvalue weighted by Crippen LogP contribution is 2.34. The Bertz CT molecular complexity index is 821. The van der Waals surface area contributed by atoms with E-state index in [1.807, 2.05) is 6.07 Å². The number of hydrogen-bond acceptors (Lipinski definition) is 5. The minimum absolute atomic E-state index is 0.149. The molecule has 0 saturated carbocycles. The van der Waals surface area contributed by atoms with Crippen molar-refractivity contribution in [2.75, 3.05) is 38.5 Å². The Morgan fingerprint density at radius 2 is 1.36 bits per heavy atom. The minimum Gasteiger partial charge on any atom is -0.496 e. The van der Waals surface area contributed by atoms with Crippen molar-refractivity contribution in [1.29, 1.82) is 0 Å². The SMILES string of the molecule is COc1cc(OC)c(OC)cc1CCNC(=O)Nc1ccc(NC(C)=O)cc1. The third-order valence-corrected chi connectivity index (χ3v) is 3.93. The van der Waals surface area contributed by atoms with Gasteiger partial charge in [-0.15, -0.1) is 0 Å². The molecule has 8 nitrogen and oxygen atoms in total. The number of methoxy groups -OCH3 is 3. The molecule has 0 spiro atoms. The molecular formula is C20H25N3O5. The predicted molar refractivity (Wildman–Crippen MR) is 108 cm³/mol. The zero-order valence-electron chi connectivity index (χ0n) is 16.4. The van der Waals surface area contributed by atoms with Crippen LogP contribution in [-0.2, 0) is 11.2 Å². The van der Waals surface area contributed by atoms with Gasteiger partial charge in [-0.3, -0.25) is 4.79 Å². The molecular weight excluding hydrogens is 362 g/mol. The van der Waals surface area contributed by atoms with Crippen molar-refractivity contribution in [3.05, 3.63) is 42.0 Å². The van der Waals surface area contributed by atoms with Crippen LogP contribution in [-0.4, -0.2) is 39.8 Å². The Morgan fingerprint density at radius 1 is 0.821 bits per heavy atom.